The van der Waals surface area contributed by atoms with Gasteiger partial charge in [-0.1, -0.05) is 11.6 Å². The lowest BCUT2D eigenvalue weighted by Crippen LogP contribution is -2.29. The van der Waals surface area contributed by atoms with Crippen LogP contribution in [0.25, 0.3) is 0 Å². The summed E-state index contributed by atoms with van der Waals surface area (Å²) in [5.41, 5.74) is 0.935. The molecule has 0 heterocycles. The quantitative estimate of drug-likeness (QED) is 0.886. The number of amides is 1. The van der Waals surface area contributed by atoms with E-state index in [2.05, 4.69) is 5.32 Å². The van der Waals surface area contributed by atoms with Gasteiger partial charge >= 0.3 is 6.09 Å². The second kappa shape index (κ2) is 5.30. The molecule has 0 aromatic heterocycles. The summed E-state index contributed by atoms with van der Waals surface area (Å²) < 4.78 is 5.10. The topological polar surface area (TPSA) is 78.5 Å². The van der Waals surface area contributed by atoms with E-state index >= 15 is 0 Å². The third kappa shape index (κ3) is 4.28. The number of anilines is 1. The molecule has 0 radical (unpaired) electrons. The van der Waals surface area contributed by atoms with Crippen LogP contribution in [0.2, 0.25) is 0 Å². The minimum absolute atomic E-state index is 0.0524. The fourth-order valence-electron chi connectivity index (χ4n) is 1.70. The lowest BCUT2D eigenvalue weighted by molar-refractivity contribution is -0.254. The van der Waals surface area contributed by atoms with Gasteiger partial charge in [0, 0.05) is 5.56 Å². The fourth-order valence-corrected chi connectivity index (χ4v) is 1.70. The van der Waals surface area contributed by atoms with Gasteiger partial charge in [0.05, 0.1) is 11.7 Å². The van der Waals surface area contributed by atoms with Crippen molar-refractivity contribution in [3.05, 3.63) is 28.8 Å². The summed E-state index contributed by atoms with van der Waals surface area (Å²) in [6.45, 7) is 8.68. The van der Waals surface area contributed by atoms with Crippen molar-refractivity contribution in [2.45, 2.75) is 40.2 Å². The number of rotatable bonds is 2. The van der Waals surface area contributed by atoms with Crippen molar-refractivity contribution in [2.75, 3.05) is 5.32 Å². The largest absolute Gasteiger partial charge is 0.545 e. The van der Waals surface area contributed by atoms with E-state index < -0.39 is 17.7 Å². The molecule has 0 atom stereocenters. The van der Waals surface area contributed by atoms with Crippen LogP contribution in [0.1, 0.15) is 42.3 Å². The van der Waals surface area contributed by atoms with Gasteiger partial charge in [-0.25, -0.2) is 4.79 Å². The van der Waals surface area contributed by atoms with Crippen molar-refractivity contribution in [1.82, 2.24) is 0 Å². The third-order valence-corrected chi connectivity index (χ3v) is 2.33. The van der Waals surface area contributed by atoms with Crippen molar-refractivity contribution in [3.63, 3.8) is 0 Å². The van der Waals surface area contributed by atoms with E-state index in [1.807, 2.05) is 0 Å². The maximum atomic E-state index is 11.7. The molecular formula is C14H18NO4-. The van der Waals surface area contributed by atoms with Gasteiger partial charge in [-0.05, 0) is 46.2 Å². The maximum Gasteiger partial charge on any atom is 0.412 e. The Balaban J connectivity index is 3.07. The second-order valence-corrected chi connectivity index (χ2v) is 5.42. The van der Waals surface area contributed by atoms with Crippen molar-refractivity contribution in [2.24, 2.45) is 0 Å². The van der Waals surface area contributed by atoms with E-state index in [1.54, 1.807) is 40.7 Å². The SMILES string of the molecule is Cc1cc(C)c(NC(=O)OC(C)(C)C)c(C(=O)[O-])c1. The van der Waals surface area contributed by atoms with Crippen molar-refractivity contribution in [3.8, 4) is 0 Å². The molecule has 0 aliphatic rings. The van der Waals surface area contributed by atoms with Crippen molar-refractivity contribution < 1.29 is 19.4 Å². The lowest BCUT2D eigenvalue weighted by atomic mass is 10.0. The van der Waals surface area contributed by atoms with E-state index in [1.165, 1.54) is 6.07 Å². The number of nitrogens with one attached hydrogen (secondary N) is 1. The number of hydrogen-bond acceptors (Lipinski definition) is 4. The molecule has 1 aromatic rings. The van der Waals surface area contributed by atoms with Crippen LogP contribution >= 0.6 is 0 Å². The summed E-state index contributed by atoms with van der Waals surface area (Å²) in [5, 5.41) is 13.6. The average Bonchev–Trinajstić information content (AvgIpc) is 2.18. The molecule has 1 rings (SSSR count). The molecule has 19 heavy (non-hydrogen) atoms. The first-order chi connectivity index (χ1) is 8.60. The molecule has 1 amide bonds. The first-order valence-corrected chi connectivity index (χ1v) is 5.93. The van der Waals surface area contributed by atoms with Gasteiger partial charge in [-0.3, -0.25) is 5.32 Å². The van der Waals surface area contributed by atoms with Crippen LogP contribution in [0, 0.1) is 13.8 Å². The highest BCUT2D eigenvalue weighted by Crippen LogP contribution is 2.23. The highest BCUT2D eigenvalue weighted by Gasteiger charge is 2.18. The van der Waals surface area contributed by atoms with Gasteiger partial charge in [0.25, 0.3) is 0 Å². The molecule has 0 spiro atoms. The highest BCUT2D eigenvalue weighted by atomic mass is 16.6. The van der Waals surface area contributed by atoms with Gasteiger partial charge in [-0.2, -0.15) is 0 Å². The van der Waals surface area contributed by atoms with Gasteiger partial charge in [0.2, 0.25) is 0 Å². The summed E-state index contributed by atoms with van der Waals surface area (Å²) in [4.78, 5) is 22.8. The first-order valence-electron chi connectivity index (χ1n) is 5.93. The Hall–Kier alpha value is -2.04. The molecule has 5 nitrogen and oxygen atoms in total. The predicted molar refractivity (Wildman–Crippen MR) is 70.1 cm³/mol. The molecule has 104 valence electrons. The summed E-state index contributed by atoms with van der Waals surface area (Å²) in [6.07, 6.45) is -0.693. The van der Waals surface area contributed by atoms with Crippen LogP contribution in [0.5, 0.6) is 0 Å². The number of carbonyl (C=O) groups is 2. The summed E-state index contributed by atoms with van der Waals surface area (Å²) in [7, 11) is 0. The maximum absolute atomic E-state index is 11.7. The number of carbonyl (C=O) groups excluding carboxylic acids is 2. The Morgan fingerprint density at radius 1 is 1.21 bits per heavy atom. The van der Waals surface area contributed by atoms with Crippen LogP contribution in [-0.2, 0) is 4.74 Å². The molecule has 1 N–H and O–H groups in total. The van der Waals surface area contributed by atoms with Crippen LogP contribution in [-0.4, -0.2) is 17.7 Å². The van der Waals surface area contributed by atoms with Gasteiger partial charge < -0.3 is 14.6 Å². The average molecular weight is 264 g/mol. The van der Waals surface area contributed by atoms with Gasteiger partial charge in [0.15, 0.2) is 0 Å². The molecule has 1 aromatic carbocycles. The summed E-state index contributed by atoms with van der Waals surface area (Å²) >= 11 is 0. The summed E-state index contributed by atoms with van der Waals surface area (Å²) in [5.74, 6) is -1.34. The molecule has 0 saturated heterocycles. The Kier molecular flexibility index (Phi) is 4.19. The van der Waals surface area contributed by atoms with E-state index in [0.717, 1.165) is 5.56 Å². The van der Waals surface area contributed by atoms with Crippen LogP contribution in [0.15, 0.2) is 12.1 Å². The van der Waals surface area contributed by atoms with E-state index in [9.17, 15) is 14.7 Å². The Bertz CT molecular complexity index is 515. The van der Waals surface area contributed by atoms with Crippen LogP contribution in [0.3, 0.4) is 0 Å². The molecule has 0 aliphatic carbocycles. The molecule has 5 heteroatoms. The Morgan fingerprint density at radius 2 is 1.79 bits per heavy atom. The number of aromatic carboxylic acids is 1. The minimum Gasteiger partial charge on any atom is -0.545 e. The normalized spacial score (nSPS) is 11.0. The molecule has 0 bridgehead atoms. The number of aryl methyl sites for hydroxylation is 2. The first kappa shape index (κ1) is 15.0. The smallest absolute Gasteiger partial charge is 0.412 e. The van der Waals surface area contributed by atoms with E-state index in [4.69, 9.17) is 4.74 Å². The zero-order chi connectivity index (χ0) is 14.8. The van der Waals surface area contributed by atoms with E-state index in [-0.39, 0.29) is 11.3 Å². The van der Waals surface area contributed by atoms with Gasteiger partial charge in [0.1, 0.15) is 5.60 Å². The molecule has 0 aliphatic heterocycles. The van der Waals surface area contributed by atoms with Crippen LogP contribution < -0.4 is 10.4 Å². The van der Waals surface area contributed by atoms with Crippen molar-refractivity contribution >= 4 is 17.7 Å². The summed E-state index contributed by atoms with van der Waals surface area (Å²) in [6, 6.07) is 3.23. The van der Waals surface area contributed by atoms with Crippen LogP contribution in [0.4, 0.5) is 10.5 Å². The van der Waals surface area contributed by atoms with Crippen molar-refractivity contribution in [1.29, 1.82) is 0 Å². The second-order valence-electron chi connectivity index (χ2n) is 5.42. The Morgan fingerprint density at radius 3 is 2.26 bits per heavy atom. The fraction of sp³-hybridized carbons (Fsp3) is 0.429. The lowest BCUT2D eigenvalue weighted by Gasteiger charge is -2.21. The standard InChI is InChI=1S/C14H19NO4/c1-8-6-9(2)11(10(7-8)12(16)17)15-13(18)19-14(3,4)5/h6-7H,1-5H3,(H,15,18)(H,16,17)/p-1. The molecule has 0 fully saturated rings. The highest BCUT2D eigenvalue weighted by molar-refractivity contribution is 5.99. The molecule has 0 unspecified atom stereocenters. The zero-order valence-electron chi connectivity index (χ0n) is 11.8. The van der Waals surface area contributed by atoms with E-state index in [0.29, 0.717) is 5.56 Å². The number of carboxylic acid groups (broad SMARTS) is 1. The monoisotopic (exact) mass is 264 g/mol. The number of hydrogen-bond donors (Lipinski definition) is 1. The van der Waals surface area contributed by atoms with Gasteiger partial charge in [-0.15, -0.1) is 0 Å². The third-order valence-electron chi connectivity index (χ3n) is 2.33. The zero-order valence-corrected chi connectivity index (χ0v) is 11.8. The minimum atomic E-state index is -1.34. The number of benzene rings is 1. The molecule has 0 saturated carbocycles. The number of carboxylic acids is 1. The Labute approximate surface area is 112 Å². The number of ether oxygens (including phenoxy) is 1. The predicted octanol–water partition coefficient (Wildman–Crippen LogP) is 2.01. The molecular weight excluding hydrogens is 246 g/mol.